The summed E-state index contributed by atoms with van der Waals surface area (Å²) in [5, 5.41) is 0. The molecule has 44 heavy (non-hydrogen) atoms. The Hall–Kier alpha value is -3.85. The first kappa shape index (κ1) is 31.6. The number of esters is 1. The van der Waals surface area contributed by atoms with Gasteiger partial charge in [0, 0.05) is 0 Å². The first-order valence-corrected chi connectivity index (χ1v) is 15.0. The van der Waals surface area contributed by atoms with Crippen LogP contribution in [0.2, 0.25) is 0 Å². The Balaban J connectivity index is 1.43. The molecule has 0 saturated carbocycles. The SMILES string of the molecule is COC(=O)C[C@@H]1O[C@H](COCc2ccccc2)[C@@H](OCc2ccccc2)[C@H](OCc2ccccc2)[C@@H]1OCc1ccccc1. The Kier molecular flexibility index (Phi) is 12.1. The van der Waals surface area contributed by atoms with Crippen LogP contribution in [-0.2, 0) is 59.6 Å². The molecule has 1 aliphatic heterocycles. The Morgan fingerprint density at radius 1 is 0.545 bits per heavy atom. The first-order valence-electron chi connectivity index (χ1n) is 15.0. The molecule has 1 heterocycles. The summed E-state index contributed by atoms with van der Waals surface area (Å²) in [5.74, 6) is -0.391. The van der Waals surface area contributed by atoms with E-state index in [0.717, 1.165) is 22.3 Å². The van der Waals surface area contributed by atoms with Crippen LogP contribution < -0.4 is 0 Å². The van der Waals surface area contributed by atoms with Crippen LogP contribution >= 0.6 is 0 Å². The Labute approximate surface area is 259 Å². The van der Waals surface area contributed by atoms with Crippen LogP contribution in [0.5, 0.6) is 0 Å². The van der Waals surface area contributed by atoms with Crippen LogP contribution in [0, 0.1) is 0 Å². The van der Waals surface area contributed by atoms with E-state index in [1.165, 1.54) is 7.11 Å². The van der Waals surface area contributed by atoms with Gasteiger partial charge in [-0.25, -0.2) is 0 Å². The Bertz CT molecular complexity index is 1370. The van der Waals surface area contributed by atoms with Crippen LogP contribution in [-0.4, -0.2) is 50.2 Å². The Morgan fingerprint density at radius 2 is 0.932 bits per heavy atom. The highest BCUT2D eigenvalue weighted by atomic mass is 16.6. The van der Waals surface area contributed by atoms with Crippen molar-refractivity contribution in [1.29, 1.82) is 0 Å². The van der Waals surface area contributed by atoms with Crippen molar-refractivity contribution in [3.05, 3.63) is 144 Å². The van der Waals surface area contributed by atoms with Gasteiger partial charge in [-0.15, -0.1) is 0 Å². The Morgan fingerprint density at radius 3 is 1.36 bits per heavy atom. The highest BCUT2D eigenvalue weighted by molar-refractivity contribution is 5.69. The molecule has 0 radical (unpaired) electrons. The summed E-state index contributed by atoms with van der Waals surface area (Å²) in [5.41, 5.74) is 4.10. The van der Waals surface area contributed by atoms with Gasteiger partial charge in [-0.3, -0.25) is 4.79 Å². The summed E-state index contributed by atoms with van der Waals surface area (Å²) in [6.45, 7) is 1.66. The van der Waals surface area contributed by atoms with Crippen molar-refractivity contribution in [2.24, 2.45) is 0 Å². The van der Waals surface area contributed by atoms with E-state index in [0.29, 0.717) is 26.4 Å². The second kappa shape index (κ2) is 16.9. The lowest BCUT2D eigenvalue weighted by Gasteiger charge is -2.46. The molecule has 0 aliphatic carbocycles. The van der Waals surface area contributed by atoms with Gasteiger partial charge in [-0.05, 0) is 22.3 Å². The second-order valence-electron chi connectivity index (χ2n) is 10.8. The van der Waals surface area contributed by atoms with Crippen molar-refractivity contribution in [3.63, 3.8) is 0 Å². The van der Waals surface area contributed by atoms with E-state index in [9.17, 15) is 4.79 Å². The molecule has 1 fully saturated rings. The normalized spacial score (nSPS) is 21.5. The van der Waals surface area contributed by atoms with E-state index in [1.54, 1.807) is 0 Å². The standard InChI is InChI=1S/C37H40O7/c1-39-34(38)22-32-35(41-24-29-16-8-3-9-17-29)37(43-26-31-20-12-5-13-21-31)36(42-25-30-18-10-4-11-19-30)33(44-32)27-40-23-28-14-6-2-7-15-28/h2-21,32-33,35-37H,22-27H2,1H3/t32-,33+,35+,36+,37+/m0/s1. The van der Waals surface area contributed by atoms with Crippen molar-refractivity contribution in [2.45, 2.75) is 63.4 Å². The van der Waals surface area contributed by atoms with E-state index in [2.05, 4.69) is 0 Å². The van der Waals surface area contributed by atoms with Gasteiger partial charge in [0.05, 0.1) is 52.7 Å². The van der Waals surface area contributed by atoms with E-state index >= 15 is 0 Å². The minimum Gasteiger partial charge on any atom is -0.469 e. The molecule has 1 saturated heterocycles. The molecule has 0 unspecified atom stereocenters. The molecule has 230 valence electrons. The quantitative estimate of drug-likeness (QED) is 0.149. The highest BCUT2D eigenvalue weighted by Gasteiger charge is 2.49. The average Bonchev–Trinajstić information content (AvgIpc) is 3.08. The zero-order valence-electron chi connectivity index (χ0n) is 25.0. The predicted molar refractivity (Wildman–Crippen MR) is 166 cm³/mol. The molecule has 0 spiro atoms. The molecule has 4 aromatic carbocycles. The van der Waals surface area contributed by atoms with Gasteiger partial charge in [-0.2, -0.15) is 0 Å². The number of methoxy groups -OCH3 is 1. The maximum atomic E-state index is 12.6. The van der Waals surface area contributed by atoms with Gasteiger partial charge in [0.1, 0.15) is 24.4 Å². The molecule has 0 aromatic heterocycles. The minimum absolute atomic E-state index is 0.00173. The summed E-state index contributed by atoms with van der Waals surface area (Å²) >= 11 is 0. The largest absolute Gasteiger partial charge is 0.469 e. The van der Waals surface area contributed by atoms with Gasteiger partial charge in [-0.1, -0.05) is 121 Å². The smallest absolute Gasteiger partial charge is 0.308 e. The second-order valence-corrected chi connectivity index (χ2v) is 10.8. The number of hydrogen-bond donors (Lipinski definition) is 0. The fourth-order valence-electron chi connectivity index (χ4n) is 5.30. The molecular weight excluding hydrogens is 556 g/mol. The van der Waals surface area contributed by atoms with Gasteiger partial charge < -0.3 is 28.4 Å². The summed E-state index contributed by atoms with van der Waals surface area (Å²) in [6, 6.07) is 39.8. The van der Waals surface area contributed by atoms with Crippen molar-refractivity contribution in [1.82, 2.24) is 0 Å². The third kappa shape index (κ3) is 9.32. The number of benzene rings is 4. The van der Waals surface area contributed by atoms with E-state index in [4.69, 9.17) is 28.4 Å². The third-order valence-corrected chi connectivity index (χ3v) is 7.58. The summed E-state index contributed by atoms with van der Waals surface area (Å²) in [6.07, 6.45) is -2.92. The lowest BCUT2D eigenvalue weighted by molar-refractivity contribution is -0.273. The molecule has 0 amide bonds. The van der Waals surface area contributed by atoms with Crippen LogP contribution in [0.4, 0.5) is 0 Å². The first-order chi connectivity index (χ1) is 21.7. The van der Waals surface area contributed by atoms with Crippen LogP contribution in [0.3, 0.4) is 0 Å². The number of rotatable bonds is 15. The number of ether oxygens (including phenoxy) is 6. The zero-order chi connectivity index (χ0) is 30.4. The number of carbonyl (C=O) groups excluding carboxylic acids is 1. The molecular formula is C37H40O7. The minimum atomic E-state index is -0.645. The molecule has 0 bridgehead atoms. The summed E-state index contributed by atoms with van der Waals surface area (Å²) < 4.78 is 37.7. The van der Waals surface area contributed by atoms with Gasteiger partial charge in [0.25, 0.3) is 0 Å². The summed E-state index contributed by atoms with van der Waals surface area (Å²) in [7, 11) is 1.38. The average molecular weight is 597 g/mol. The van der Waals surface area contributed by atoms with Gasteiger partial charge in [0.2, 0.25) is 0 Å². The van der Waals surface area contributed by atoms with Crippen LogP contribution in [0.15, 0.2) is 121 Å². The van der Waals surface area contributed by atoms with Crippen molar-refractivity contribution < 1.29 is 33.2 Å². The molecule has 4 aromatic rings. The number of carbonyl (C=O) groups is 1. The lowest BCUT2D eigenvalue weighted by Crippen LogP contribution is -2.61. The van der Waals surface area contributed by atoms with Crippen molar-refractivity contribution in [3.8, 4) is 0 Å². The van der Waals surface area contributed by atoms with E-state index < -0.39 is 36.5 Å². The molecule has 7 nitrogen and oxygen atoms in total. The molecule has 0 N–H and O–H groups in total. The predicted octanol–water partition coefficient (Wildman–Crippen LogP) is 6.29. The fraction of sp³-hybridized carbons (Fsp3) is 0.324. The third-order valence-electron chi connectivity index (χ3n) is 7.58. The fourth-order valence-corrected chi connectivity index (χ4v) is 5.30. The van der Waals surface area contributed by atoms with E-state index in [-0.39, 0.29) is 13.0 Å². The van der Waals surface area contributed by atoms with Crippen molar-refractivity contribution >= 4 is 5.97 Å². The monoisotopic (exact) mass is 596 g/mol. The molecule has 7 heteroatoms. The van der Waals surface area contributed by atoms with Crippen LogP contribution in [0.25, 0.3) is 0 Å². The molecule has 5 atom stereocenters. The lowest BCUT2D eigenvalue weighted by atomic mass is 9.92. The van der Waals surface area contributed by atoms with Crippen molar-refractivity contribution in [2.75, 3.05) is 13.7 Å². The summed E-state index contributed by atoms with van der Waals surface area (Å²) in [4.78, 5) is 12.6. The molecule has 5 rings (SSSR count). The topological polar surface area (TPSA) is 72.5 Å². The zero-order valence-corrected chi connectivity index (χ0v) is 25.0. The maximum absolute atomic E-state index is 12.6. The van der Waals surface area contributed by atoms with Crippen LogP contribution in [0.1, 0.15) is 28.7 Å². The number of hydrogen-bond acceptors (Lipinski definition) is 7. The van der Waals surface area contributed by atoms with E-state index in [1.807, 2.05) is 121 Å². The highest BCUT2D eigenvalue weighted by Crippen LogP contribution is 2.32. The van der Waals surface area contributed by atoms with Gasteiger partial charge >= 0.3 is 5.97 Å². The molecule has 1 aliphatic rings. The maximum Gasteiger partial charge on any atom is 0.308 e. The van der Waals surface area contributed by atoms with Gasteiger partial charge in [0.15, 0.2) is 0 Å².